The molecule has 0 saturated carbocycles. The van der Waals surface area contributed by atoms with Gasteiger partial charge in [0.25, 0.3) is 0 Å². The molecule has 3 aromatic rings. The first-order valence-corrected chi connectivity index (χ1v) is 12.2. The summed E-state index contributed by atoms with van der Waals surface area (Å²) in [4.78, 5) is 26.8. The number of carbonyl (C=O) groups excluding carboxylic acids is 1. The third-order valence-electron chi connectivity index (χ3n) is 5.90. The zero-order chi connectivity index (χ0) is 23.2. The summed E-state index contributed by atoms with van der Waals surface area (Å²) in [6, 6.07) is 14.1. The molecule has 0 bridgehead atoms. The van der Waals surface area contributed by atoms with Gasteiger partial charge in [0, 0.05) is 24.2 Å². The Morgan fingerprint density at radius 3 is 2.58 bits per heavy atom. The van der Waals surface area contributed by atoms with Gasteiger partial charge in [-0.3, -0.25) is 13.9 Å². The van der Waals surface area contributed by atoms with Crippen LogP contribution < -0.4 is 0 Å². The first-order valence-electron chi connectivity index (χ1n) is 10.5. The maximum Gasteiger partial charge on any atom is 0.356 e. The van der Waals surface area contributed by atoms with Crippen LogP contribution in [0.2, 0.25) is 0 Å². The Morgan fingerprint density at radius 1 is 1.06 bits per heavy atom. The van der Waals surface area contributed by atoms with Gasteiger partial charge < -0.3 is 14.7 Å². The smallest absolute Gasteiger partial charge is 0.356 e. The van der Waals surface area contributed by atoms with Crippen LogP contribution in [0.5, 0.6) is 0 Å². The first kappa shape index (κ1) is 21.7. The average molecular weight is 470 g/mol. The van der Waals surface area contributed by atoms with E-state index in [0.29, 0.717) is 48.1 Å². The number of aromatic carboxylic acids is 1. The second-order valence-corrected chi connectivity index (χ2v) is 10.1. The van der Waals surface area contributed by atoms with Crippen LogP contribution in [0.15, 0.2) is 53.4 Å². The Balaban J connectivity index is 1.57. The van der Waals surface area contributed by atoms with Crippen LogP contribution in [0.1, 0.15) is 21.6 Å². The summed E-state index contributed by atoms with van der Waals surface area (Å²) in [5, 5.41) is 14.1. The lowest BCUT2D eigenvalue weighted by Gasteiger charge is -2.37. The number of nitrogens with zero attached hydrogens (tertiary/aromatic N) is 3. The molecule has 5 rings (SSSR count). The van der Waals surface area contributed by atoms with Crippen LogP contribution in [-0.2, 0) is 21.7 Å². The molecule has 33 heavy (non-hydrogen) atoms. The molecule has 3 N–H and O–H groups in total. The van der Waals surface area contributed by atoms with E-state index in [1.165, 1.54) is 4.68 Å². The molecule has 2 aromatic carbocycles. The highest BCUT2D eigenvalue weighted by Crippen LogP contribution is 2.59. The highest BCUT2D eigenvalue weighted by molar-refractivity contribution is 8.23. The first-order chi connectivity index (χ1) is 15.8. The average Bonchev–Trinajstić information content (AvgIpc) is 3.19. The molecule has 0 unspecified atom stereocenters. The Bertz CT molecular complexity index is 1250. The van der Waals surface area contributed by atoms with Crippen molar-refractivity contribution in [2.24, 2.45) is 0 Å². The Labute approximate surface area is 191 Å². The van der Waals surface area contributed by atoms with Gasteiger partial charge in [-0.25, -0.2) is 9.48 Å². The van der Waals surface area contributed by atoms with Gasteiger partial charge in [-0.05, 0) is 23.8 Å². The van der Waals surface area contributed by atoms with Crippen molar-refractivity contribution >= 4 is 22.5 Å². The molecule has 0 radical (unpaired) electrons. The number of benzene rings is 2. The minimum Gasteiger partial charge on any atom is -0.476 e. The molecule has 2 aliphatic heterocycles. The molecule has 0 spiro atoms. The van der Waals surface area contributed by atoms with Crippen molar-refractivity contribution in [3.63, 3.8) is 0 Å². The molecular formula is C23H23N3O6S. The van der Waals surface area contributed by atoms with Crippen molar-refractivity contribution in [2.75, 3.05) is 26.3 Å². The normalized spacial score (nSPS) is 17.7. The van der Waals surface area contributed by atoms with Gasteiger partial charge in [-0.1, -0.05) is 30.3 Å². The van der Waals surface area contributed by atoms with Crippen molar-refractivity contribution < 1.29 is 28.5 Å². The van der Waals surface area contributed by atoms with E-state index in [1.807, 2.05) is 12.1 Å². The predicted octanol–water partition coefficient (Wildman–Crippen LogP) is 3.26. The van der Waals surface area contributed by atoms with E-state index in [-0.39, 0.29) is 29.3 Å². The standard InChI is InChI=1S/C23H23N3O6S/c27-20(25-8-10-32-11-9-25)13-15-4-3-5-16(12-15)26-22-17-6-1-2-7-19(17)33(30,31)14-18(22)21(24-26)23(28)29/h1-7,12,30-31H,8-11,13-14H2,(H,28,29). The quantitative estimate of drug-likeness (QED) is 0.536. The van der Waals surface area contributed by atoms with E-state index in [9.17, 15) is 23.8 Å². The van der Waals surface area contributed by atoms with Gasteiger partial charge in [0.15, 0.2) is 5.69 Å². The number of morpholine rings is 1. The molecule has 1 aromatic heterocycles. The van der Waals surface area contributed by atoms with Crippen LogP contribution in [0.3, 0.4) is 0 Å². The lowest BCUT2D eigenvalue weighted by Crippen LogP contribution is -2.41. The summed E-state index contributed by atoms with van der Waals surface area (Å²) in [5.74, 6) is -1.45. The van der Waals surface area contributed by atoms with Crippen molar-refractivity contribution in [2.45, 2.75) is 17.1 Å². The van der Waals surface area contributed by atoms with Crippen molar-refractivity contribution in [3.8, 4) is 16.9 Å². The SMILES string of the molecule is O=C(O)c1nn(-c2cccc(CC(=O)N3CCOCC3)c2)c2c1CS(O)(O)c1ccccc1-2. The third-order valence-corrected chi connectivity index (χ3v) is 7.65. The number of fused-ring (bicyclic) bond motifs is 3. The minimum absolute atomic E-state index is 0.00320. The number of carboxylic acid groups (broad SMARTS) is 1. The van der Waals surface area contributed by atoms with E-state index in [4.69, 9.17) is 4.74 Å². The Kier molecular flexibility index (Phi) is 5.45. The zero-order valence-corrected chi connectivity index (χ0v) is 18.5. The lowest BCUT2D eigenvalue weighted by atomic mass is 10.0. The van der Waals surface area contributed by atoms with E-state index in [0.717, 1.165) is 5.56 Å². The molecule has 9 nitrogen and oxygen atoms in total. The van der Waals surface area contributed by atoms with Gasteiger partial charge in [0.05, 0.1) is 41.7 Å². The molecule has 3 heterocycles. The number of aromatic nitrogens is 2. The van der Waals surface area contributed by atoms with Crippen LogP contribution >= 0.6 is 10.6 Å². The Hall–Kier alpha value is -3.18. The molecule has 172 valence electrons. The maximum atomic E-state index is 12.7. The number of carboxylic acids is 1. The summed E-state index contributed by atoms with van der Waals surface area (Å²) >= 11 is 0. The molecular weight excluding hydrogens is 446 g/mol. The summed E-state index contributed by atoms with van der Waals surface area (Å²) in [6.07, 6.45) is 0.209. The van der Waals surface area contributed by atoms with Crippen LogP contribution in [0.4, 0.5) is 0 Å². The summed E-state index contributed by atoms with van der Waals surface area (Å²) in [5.41, 5.74) is 2.50. The van der Waals surface area contributed by atoms with Crippen molar-refractivity contribution in [1.29, 1.82) is 0 Å². The molecule has 1 fully saturated rings. The highest BCUT2D eigenvalue weighted by atomic mass is 32.3. The van der Waals surface area contributed by atoms with Crippen LogP contribution in [0, 0.1) is 0 Å². The molecule has 2 aliphatic rings. The number of rotatable bonds is 4. The number of hydrogen-bond acceptors (Lipinski definition) is 6. The highest BCUT2D eigenvalue weighted by Gasteiger charge is 2.36. The fraction of sp³-hybridized carbons (Fsp3) is 0.261. The van der Waals surface area contributed by atoms with Gasteiger partial charge in [0.2, 0.25) is 5.91 Å². The second kappa shape index (κ2) is 8.31. The van der Waals surface area contributed by atoms with E-state index < -0.39 is 16.6 Å². The van der Waals surface area contributed by atoms with Crippen LogP contribution in [0.25, 0.3) is 16.9 Å². The molecule has 0 atom stereocenters. The summed E-state index contributed by atoms with van der Waals surface area (Å²) < 4.78 is 28.2. The van der Waals surface area contributed by atoms with Gasteiger partial charge in [0.1, 0.15) is 0 Å². The number of amides is 1. The fourth-order valence-corrected chi connectivity index (χ4v) is 5.99. The third kappa shape index (κ3) is 3.91. The van der Waals surface area contributed by atoms with E-state index in [1.54, 1.807) is 41.3 Å². The monoisotopic (exact) mass is 469 g/mol. The molecule has 0 aliphatic carbocycles. The number of hydrogen-bond donors (Lipinski definition) is 3. The Morgan fingerprint density at radius 2 is 1.82 bits per heavy atom. The van der Waals surface area contributed by atoms with Crippen molar-refractivity contribution in [3.05, 3.63) is 65.4 Å². The second-order valence-electron chi connectivity index (χ2n) is 8.04. The van der Waals surface area contributed by atoms with Crippen LogP contribution in [-0.4, -0.2) is 67.1 Å². The fourth-order valence-electron chi connectivity index (χ4n) is 4.35. The van der Waals surface area contributed by atoms with E-state index >= 15 is 0 Å². The zero-order valence-electron chi connectivity index (χ0n) is 17.7. The van der Waals surface area contributed by atoms with Gasteiger partial charge in [-0.2, -0.15) is 15.7 Å². The summed E-state index contributed by atoms with van der Waals surface area (Å²) in [6.45, 7) is 2.19. The maximum absolute atomic E-state index is 12.7. The van der Waals surface area contributed by atoms with E-state index in [2.05, 4.69) is 5.10 Å². The predicted molar refractivity (Wildman–Crippen MR) is 122 cm³/mol. The summed E-state index contributed by atoms with van der Waals surface area (Å²) in [7, 11) is -3.19. The lowest BCUT2D eigenvalue weighted by molar-refractivity contribution is -0.134. The topological polar surface area (TPSA) is 125 Å². The number of ether oxygens (including phenoxy) is 1. The molecule has 1 amide bonds. The number of carbonyl (C=O) groups is 2. The molecule has 1 saturated heterocycles. The van der Waals surface area contributed by atoms with Gasteiger partial charge in [-0.15, -0.1) is 0 Å². The van der Waals surface area contributed by atoms with Gasteiger partial charge >= 0.3 is 5.97 Å². The molecule has 10 heteroatoms. The van der Waals surface area contributed by atoms with Crippen molar-refractivity contribution in [1.82, 2.24) is 14.7 Å². The largest absolute Gasteiger partial charge is 0.476 e. The minimum atomic E-state index is -3.19.